The van der Waals surface area contributed by atoms with Crippen LogP contribution in [0.4, 0.5) is 5.82 Å². The van der Waals surface area contributed by atoms with E-state index in [1.165, 1.54) is 23.6 Å². The first-order valence-electron chi connectivity index (χ1n) is 11.6. The molecule has 0 aliphatic carbocycles. The molecule has 1 aliphatic heterocycles. The number of pyridine rings is 2. The SMILES string of the molecule is [2H]C1([2H])OC([2H])([2H])C([2H])([2H])N(CC(=O)Nc2cc3nc(-c4cnc(C)s4)ccc3cn2)C1([2H])[2H]. The molecule has 3 aromatic rings. The lowest BCUT2D eigenvalue weighted by atomic mass is 10.2. The van der Waals surface area contributed by atoms with Crippen molar-refractivity contribution >= 4 is 34.0 Å². The van der Waals surface area contributed by atoms with E-state index in [0.717, 1.165) is 9.88 Å². The molecule has 1 amide bonds. The Balaban J connectivity index is 1.58. The van der Waals surface area contributed by atoms with Crippen LogP contribution in [0.5, 0.6) is 0 Å². The van der Waals surface area contributed by atoms with Crippen LogP contribution in [0.15, 0.2) is 30.6 Å². The van der Waals surface area contributed by atoms with Crippen LogP contribution < -0.4 is 5.32 Å². The van der Waals surface area contributed by atoms with Gasteiger partial charge in [0.1, 0.15) is 5.82 Å². The fourth-order valence-electron chi connectivity index (χ4n) is 2.32. The number of aromatic nitrogens is 3. The lowest BCUT2D eigenvalue weighted by molar-refractivity contribution is -0.118. The topological polar surface area (TPSA) is 80.2 Å². The van der Waals surface area contributed by atoms with E-state index in [2.05, 4.69) is 25.0 Å². The molecular weight excluding hydrogens is 350 g/mol. The number of ether oxygens (including phenoxy) is 1. The summed E-state index contributed by atoms with van der Waals surface area (Å²) in [5, 5.41) is 4.00. The van der Waals surface area contributed by atoms with Gasteiger partial charge in [0.05, 0.1) is 46.2 Å². The molecular formula is C18H19N5O2S. The average Bonchev–Trinajstić information content (AvgIpc) is 3.16. The van der Waals surface area contributed by atoms with Crippen LogP contribution in [-0.4, -0.2) is 58.4 Å². The normalized spacial score (nSPS) is 27.6. The molecule has 1 N–H and O–H groups in total. The Morgan fingerprint density at radius 2 is 2.19 bits per heavy atom. The summed E-state index contributed by atoms with van der Waals surface area (Å²) in [6.45, 7) is -11.9. The van der Waals surface area contributed by atoms with E-state index in [9.17, 15) is 4.79 Å². The first kappa shape index (κ1) is 10.1. The zero-order chi connectivity index (χ0) is 25.1. The zero-order valence-electron chi connectivity index (χ0n) is 21.6. The van der Waals surface area contributed by atoms with Gasteiger partial charge in [-0.15, -0.1) is 11.3 Å². The maximum Gasteiger partial charge on any atom is 0.239 e. The number of rotatable bonds is 4. The molecule has 1 aliphatic rings. The van der Waals surface area contributed by atoms with Gasteiger partial charge in [-0.05, 0) is 19.1 Å². The molecule has 26 heavy (non-hydrogen) atoms. The molecule has 4 heterocycles. The van der Waals surface area contributed by atoms with Crippen LogP contribution in [0.3, 0.4) is 0 Å². The van der Waals surface area contributed by atoms with Crippen LogP contribution in [-0.2, 0) is 9.53 Å². The smallest absolute Gasteiger partial charge is 0.239 e. The number of nitrogens with one attached hydrogen (secondary N) is 1. The van der Waals surface area contributed by atoms with E-state index in [1.54, 1.807) is 6.20 Å². The van der Waals surface area contributed by atoms with E-state index in [0.29, 0.717) is 16.6 Å². The first-order chi connectivity index (χ1) is 15.6. The van der Waals surface area contributed by atoms with Gasteiger partial charge in [-0.2, -0.15) is 0 Å². The minimum atomic E-state index is -3.22. The molecule has 7 nitrogen and oxygen atoms in total. The lowest BCUT2D eigenvalue weighted by Gasteiger charge is -2.25. The van der Waals surface area contributed by atoms with E-state index in [1.807, 2.05) is 19.1 Å². The van der Waals surface area contributed by atoms with Crippen LogP contribution in [0.2, 0.25) is 0 Å². The minimum absolute atomic E-state index is 0.0584. The molecule has 3 aromatic heterocycles. The van der Waals surface area contributed by atoms with Gasteiger partial charge < -0.3 is 10.1 Å². The Bertz CT molecular complexity index is 1240. The predicted molar refractivity (Wildman–Crippen MR) is 101 cm³/mol. The van der Waals surface area contributed by atoms with E-state index in [-0.39, 0.29) is 10.7 Å². The van der Waals surface area contributed by atoms with Crippen LogP contribution in [0.1, 0.15) is 16.0 Å². The van der Waals surface area contributed by atoms with Crippen molar-refractivity contribution in [3.63, 3.8) is 0 Å². The van der Waals surface area contributed by atoms with Crippen molar-refractivity contribution in [3.05, 3.63) is 35.6 Å². The number of thiazole rings is 1. The van der Waals surface area contributed by atoms with Crippen LogP contribution in [0, 0.1) is 6.92 Å². The Morgan fingerprint density at radius 1 is 1.35 bits per heavy atom. The standard InChI is InChI=1S/C18H19N5O2S/c1-12-19-10-16(26-12)14-3-2-13-9-20-17(8-15(13)21-14)22-18(24)11-23-4-6-25-7-5-23/h2-3,8-10H,4-7,11H2,1H3,(H,20,22,24)/i4D2,5D2,6D2,7D2. The summed E-state index contributed by atoms with van der Waals surface area (Å²) in [6, 6.07) is 5.12. The highest BCUT2D eigenvalue weighted by Crippen LogP contribution is 2.26. The summed E-state index contributed by atoms with van der Waals surface area (Å²) in [6.07, 6.45) is 3.18. The second-order valence-corrected chi connectivity index (χ2v) is 6.60. The van der Waals surface area contributed by atoms with Crippen LogP contribution >= 0.6 is 11.3 Å². The summed E-state index contributed by atoms with van der Waals surface area (Å²) in [7, 11) is 0. The van der Waals surface area contributed by atoms with Crippen molar-refractivity contribution in [1.82, 2.24) is 19.9 Å². The summed E-state index contributed by atoms with van der Waals surface area (Å²) in [5.41, 5.74) is 1.19. The number of hydrogen-bond donors (Lipinski definition) is 1. The van der Waals surface area contributed by atoms with Crippen molar-refractivity contribution in [2.24, 2.45) is 0 Å². The minimum Gasteiger partial charge on any atom is -0.379 e. The molecule has 8 heteroatoms. The second kappa shape index (κ2) is 7.45. The number of carbonyl (C=O) groups is 1. The second-order valence-electron chi connectivity index (χ2n) is 5.37. The highest BCUT2D eigenvalue weighted by Gasteiger charge is 2.15. The van der Waals surface area contributed by atoms with Crippen molar-refractivity contribution in [1.29, 1.82) is 0 Å². The monoisotopic (exact) mass is 377 g/mol. The van der Waals surface area contributed by atoms with E-state index < -0.39 is 38.6 Å². The molecule has 0 radical (unpaired) electrons. The molecule has 4 rings (SSSR count). The number of amides is 1. The molecule has 0 saturated carbocycles. The number of hydrogen-bond acceptors (Lipinski definition) is 7. The highest BCUT2D eigenvalue weighted by molar-refractivity contribution is 7.15. The van der Waals surface area contributed by atoms with Crippen LogP contribution in [0.25, 0.3) is 21.5 Å². The zero-order valence-corrected chi connectivity index (χ0v) is 14.4. The van der Waals surface area contributed by atoms with Gasteiger partial charge in [0.25, 0.3) is 0 Å². The van der Waals surface area contributed by atoms with Crippen molar-refractivity contribution in [2.75, 3.05) is 38.0 Å². The third-order valence-electron chi connectivity index (χ3n) is 3.48. The molecule has 0 bridgehead atoms. The Hall–Kier alpha value is -2.42. The summed E-state index contributed by atoms with van der Waals surface area (Å²) < 4.78 is 67.2. The average molecular weight is 377 g/mol. The van der Waals surface area contributed by atoms with Crippen molar-refractivity contribution in [2.45, 2.75) is 6.92 Å². The third-order valence-corrected chi connectivity index (χ3v) is 4.42. The molecule has 0 unspecified atom stereocenters. The Labute approximate surface area is 166 Å². The van der Waals surface area contributed by atoms with Gasteiger partial charge in [0.2, 0.25) is 5.91 Å². The molecule has 0 atom stereocenters. The Morgan fingerprint density at radius 3 is 2.96 bits per heavy atom. The molecule has 0 spiro atoms. The van der Waals surface area contributed by atoms with Gasteiger partial charge in [-0.3, -0.25) is 9.69 Å². The molecule has 1 saturated heterocycles. The number of fused-ring (bicyclic) bond motifs is 1. The quantitative estimate of drug-likeness (QED) is 0.752. The largest absolute Gasteiger partial charge is 0.379 e. The number of morpholine rings is 1. The van der Waals surface area contributed by atoms with Gasteiger partial charge in [0.15, 0.2) is 0 Å². The van der Waals surface area contributed by atoms with Crippen molar-refractivity contribution in [3.8, 4) is 10.6 Å². The number of aryl methyl sites for hydroxylation is 1. The predicted octanol–water partition coefficient (Wildman–Crippen LogP) is 2.33. The van der Waals surface area contributed by atoms with E-state index in [4.69, 9.17) is 11.0 Å². The number of nitrogens with zero attached hydrogens (tertiary/aromatic N) is 4. The summed E-state index contributed by atoms with van der Waals surface area (Å²) >= 11 is 1.48. The number of anilines is 1. The van der Waals surface area contributed by atoms with Crippen molar-refractivity contribution < 1.29 is 20.5 Å². The molecule has 134 valence electrons. The lowest BCUT2D eigenvalue weighted by Crippen LogP contribution is -2.41. The fourth-order valence-corrected chi connectivity index (χ4v) is 3.06. The first-order valence-corrected chi connectivity index (χ1v) is 8.43. The maximum absolute atomic E-state index is 12.7. The van der Waals surface area contributed by atoms with Gasteiger partial charge in [-0.1, -0.05) is 0 Å². The molecule has 1 fully saturated rings. The third kappa shape index (κ3) is 3.87. The number of carbonyl (C=O) groups excluding carboxylic acids is 1. The summed E-state index contributed by atoms with van der Waals surface area (Å²) in [4.78, 5) is 26.6. The maximum atomic E-state index is 12.7. The highest BCUT2D eigenvalue weighted by atomic mass is 32.1. The van der Waals surface area contributed by atoms with Gasteiger partial charge in [0, 0.05) is 42.3 Å². The van der Waals surface area contributed by atoms with Gasteiger partial charge in [-0.25, -0.2) is 15.0 Å². The van der Waals surface area contributed by atoms with E-state index >= 15 is 0 Å². The van der Waals surface area contributed by atoms with Gasteiger partial charge >= 0.3 is 0 Å². The fraction of sp³-hybridized carbons (Fsp3) is 0.333. The summed E-state index contributed by atoms with van der Waals surface area (Å²) in [5.74, 6) is -0.870. The molecule has 0 aromatic carbocycles. The Kier molecular flexibility index (Phi) is 2.88.